The van der Waals surface area contributed by atoms with Crippen LogP contribution in [0.1, 0.15) is 20.8 Å². The fourth-order valence-electron chi connectivity index (χ4n) is 2.82. The zero-order valence-corrected chi connectivity index (χ0v) is 25.9. The normalized spacial score (nSPS) is 12.2. The van der Waals surface area contributed by atoms with E-state index in [-0.39, 0.29) is 5.04 Å². The Morgan fingerprint density at radius 3 is 1.23 bits per heavy atom. The topological polar surface area (TPSA) is 109 Å². The molecular formula is C28H53NO9Si. The van der Waals surface area contributed by atoms with E-state index in [1.54, 1.807) is 6.07 Å². The highest BCUT2D eigenvalue weighted by Gasteiger charge is 2.36. The van der Waals surface area contributed by atoms with Crippen molar-refractivity contribution in [2.45, 2.75) is 38.9 Å². The summed E-state index contributed by atoms with van der Waals surface area (Å²) in [5.74, 6) is 0.674. The molecule has 0 fully saturated rings. The second kappa shape index (κ2) is 22.4. The van der Waals surface area contributed by atoms with Gasteiger partial charge in [0.2, 0.25) is 0 Å². The van der Waals surface area contributed by atoms with E-state index in [4.69, 9.17) is 48.1 Å². The summed E-state index contributed by atoms with van der Waals surface area (Å²) in [6.45, 7) is 19.6. The van der Waals surface area contributed by atoms with Gasteiger partial charge < -0.3 is 48.1 Å². The summed E-state index contributed by atoms with van der Waals surface area (Å²) >= 11 is 0. The Kier molecular flexibility index (Phi) is 20.5. The summed E-state index contributed by atoms with van der Waals surface area (Å²) in [5, 5.41) is 0.220. The van der Waals surface area contributed by atoms with Crippen LogP contribution in [-0.4, -0.2) is 114 Å². The van der Waals surface area contributed by atoms with Gasteiger partial charge in [0, 0.05) is 0 Å². The highest BCUT2D eigenvalue weighted by atomic mass is 28.4. The van der Waals surface area contributed by atoms with Crippen molar-refractivity contribution in [3.63, 3.8) is 0 Å². The summed E-state index contributed by atoms with van der Waals surface area (Å²) in [6.07, 6.45) is 0. The van der Waals surface area contributed by atoms with Gasteiger partial charge in [-0.1, -0.05) is 32.9 Å². The lowest BCUT2D eigenvalue weighted by Crippen LogP contribution is -2.41. The minimum atomic E-state index is -1.69. The predicted molar refractivity (Wildman–Crippen MR) is 155 cm³/mol. The lowest BCUT2D eigenvalue weighted by molar-refractivity contribution is -0.0219. The van der Waals surface area contributed by atoms with Crippen LogP contribution in [0.3, 0.4) is 0 Å². The average Bonchev–Trinajstić information content (AvgIpc) is 2.89. The summed E-state index contributed by atoms with van der Waals surface area (Å²) in [4.78, 5) is 0. The molecule has 2 N–H and O–H groups in total. The Morgan fingerprint density at radius 2 is 0.872 bits per heavy atom. The zero-order chi connectivity index (χ0) is 28.7. The first kappa shape index (κ1) is 35.7. The number of rotatable bonds is 26. The Bertz CT molecular complexity index is 704. The van der Waals surface area contributed by atoms with Crippen LogP contribution in [0.5, 0.6) is 5.75 Å². The number of hydrogen-bond acceptors (Lipinski definition) is 10. The number of anilines is 1. The minimum absolute atomic E-state index is 0.220. The molecule has 0 spiro atoms. The summed E-state index contributed by atoms with van der Waals surface area (Å²) in [5.41, 5.74) is 6.44. The van der Waals surface area contributed by atoms with E-state index in [9.17, 15) is 0 Å². The van der Waals surface area contributed by atoms with Crippen LogP contribution in [0, 0.1) is 0 Å². The monoisotopic (exact) mass is 575 g/mol. The SMILES string of the molecule is CC(C)(C)[Si](C)(C)OCCOCCOCCOCCOCCOCCOCCOCCOc1ccccc1N. The molecule has 0 radical (unpaired) electrons. The van der Waals surface area contributed by atoms with Crippen LogP contribution in [0.2, 0.25) is 18.1 Å². The van der Waals surface area contributed by atoms with Crippen LogP contribution in [0.25, 0.3) is 0 Å². The van der Waals surface area contributed by atoms with Gasteiger partial charge in [-0.25, -0.2) is 0 Å². The molecule has 0 atom stereocenters. The molecule has 0 aliphatic heterocycles. The number of ether oxygens (including phenoxy) is 8. The Morgan fingerprint density at radius 1 is 0.538 bits per heavy atom. The van der Waals surface area contributed by atoms with E-state index in [1.165, 1.54) is 0 Å². The van der Waals surface area contributed by atoms with Crippen molar-refractivity contribution < 1.29 is 42.3 Å². The Labute approximate surface area is 236 Å². The van der Waals surface area contributed by atoms with E-state index < -0.39 is 8.32 Å². The van der Waals surface area contributed by atoms with Crippen LogP contribution in [-0.2, 0) is 37.6 Å². The molecule has 10 nitrogen and oxygen atoms in total. The van der Waals surface area contributed by atoms with E-state index in [2.05, 4.69) is 33.9 Å². The number of hydrogen-bond donors (Lipinski definition) is 1. The first-order chi connectivity index (χ1) is 18.7. The van der Waals surface area contributed by atoms with E-state index in [0.29, 0.717) is 117 Å². The van der Waals surface area contributed by atoms with Crippen molar-refractivity contribution in [2.75, 3.05) is 111 Å². The number of nitrogen functional groups attached to an aromatic ring is 1. The Balaban J connectivity index is 1.71. The van der Waals surface area contributed by atoms with Gasteiger partial charge in [0.05, 0.1) is 105 Å². The molecule has 228 valence electrons. The minimum Gasteiger partial charge on any atom is -0.489 e. The van der Waals surface area contributed by atoms with Gasteiger partial charge in [0.25, 0.3) is 0 Å². The third-order valence-electron chi connectivity index (χ3n) is 6.13. The third kappa shape index (κ3) is 19.4. The molecule has 0 unspecified atom stereocenters. The molecule has 0 aromatic heterocycles. The molecule has 39 heavy (non-hydrogen) atoms. The van der Waals surface area contributed by atoms with Gasteiger partial charge in [-0.15, -0.1) is 0 Å². The van der Waals surface area contributed by atoms with Crippen molar-refractivity contribution in [1.82, 2.24) is 0 Å². The van der Waals surface area contributed by atoms with Crippen LogP contribution in [0.4, 0.5) is 5.69 Å². The maximum Gasteiger partial charge on any atom is 0.192 e. The Hall–Kier alpha value is -1.28. The fraction of sp³-hybridized carbons (Fsp3) is 0.786. The summed E-state index contributed by atoms with van der Waals surface area (Å²) < 4.78 is 50.1. The molecule has 1 rings (SSSR count). The van der Waals surface area contributed by atoms with Gasteiger partial charge >= 0.3 is 0 Å². The molecule has 0 heterocycles. The van der Waals surface area contributed by atoms with Crippen LogP contribution in [0.15, 0.2) is 24.3 Å². The number of para-hydroxylation sites is 2. The molecule has 11 heteroatoms. The highest BCUT2D eigenvalue weighted by Crippen LogP contribution is 2.36. The second-order valence-electron chi connectivity index (χ2n) is 10.3. The number of nitrogens with two attached hydrogens (primary N) is 1. The van der Waals surface area contributed by atoms with Crippen molar-refractivity contribution >= 4 is 14.0 Å². The predicted octanol–water partition coefficient (Wildman–Crippen LogP) is 3.79. The maximum absolute atomic E-state index is 6.07. The quantitative estimate of drug-likeness (QED) is 0.0996. The number of benzene rings is 1. The summed E-state index contributed by atoms with van der Waals surface area (Å²) in [7, 11) is -1.69. The first-order valence-electron chi connectivity index (χ1n) is 13.9. The fourth-order valence-corrected chi connectivity index (χ4v) is 3.84. The van der Waals surface area contributed by atoms with E-state index in [1.807, 2.05) is 18.2 Å². The highest BCUT2D eigenvalue weighted by molar-refractivity contribution is 6.74. The lowest BCUT2D eigenvalue weighted by Gasteiger charge is -2.36. The van der Waals surface area contributed by atoms with Crippen LogP contribution < -0.4 is 10.5 Å². The van der Waals surface area contributed by atoms with Crippen LogP contribution >= 0.6 is 0 Å². The molecule has 0 amide bonds. The molecule has 0 saturated carbocycles. The average molecular weight is 576 g/mol. The molecule has 1 aromatic carbocycles. The molecular weight excluding hydrogens is 522 g/mol. The largest absolute Gasteiger partial charge is 0.489 e. The second-order valence-corrected chi connectivity index (χ2v) is 15.1. The standard InChI is InChI=1S/C28H53NO9Si/c1-28(2,3)39(4,5)38-25-23-36-21-19-34-17-15-32-13-11-30-10-12-31-14-16-33-18-20-35-22-24-37-27-9-7-6-8-26(27)29/h6-9H,10-25,29H2,1-5H3. The lowest BCUT2D eigenvalue weighted by atomic mass is 10.2. The van der Waals surface area contributed by atoms with Crippen molar-refractivity contribution in [2.24, 2.45) is 0 Å². The third-order valence-corrected chi connectivity index (χ3v) is 10.7. The van der Waals surface area contributed by atoms with Gasteiger partial charge in [-0.3, -0.25) is 0 Å². The van der Waals surface area contributed by atoms with Gasteiger partial charge in [-0.05, 0) is 30.3 Å². The van der Waals surface area contributed by atoms with Crippen molar-refractivity contribution in [3.8, 4) is 5.75 Å². The molecule has 1 aromatic rings. The van der Waals surface area contributed by atoms with E-state index in [0.717, 1.165) is 0 Å². The maximum atomic E-state index is 6.07. The van der Waals surface area contributed by atoms with Crippen molar-refractivity contribution in [3.05, 3.63) is 24.3 Å². The van der Waals surface area contributed by atoms with Gasteiger partial charge in [0.15, 0.2) is 8.32 Å². The first-order valence-corrected chi connectivity index (χ1v) is 16.8. The molecule has 0 aliphatic carbocycles. The summed E-state index contributed by atoms with van der Waals surface area (Å²) in [6, 6.07) is 7.39. The molecule has 0 aliphatic rings. The van der Waals surface area contributed by atoms with Crippen molar-refractivity contribution in [1.29, 1.82) is 0 Å². The van der Waals surface area contributed by atoms with Gasteiger partial charge in [0.1, 0.15) is 12.4 Å². The van der Waals surface area contributed by atoms with Gasteiger partial charge in [-0.2, -0.15) is 0 Å². The smallest absolute Gasteiger partial charge is 0.192 e. The zero-order valence-electron chi connectivity index (χ0n) is 24.9. The molecule has 0 bridgehead atoms. The van der Waals surface area contributed by atoms with E-state index >= 15 is 0 Å². The molecule has 0 saturated heterocycles.